The molecule has 0 unspecified atom stereocenters. The summed E-state index contributed by atoms with van der Waals surface area (Å²) in [7, 11) is -1.78. The molecule has 2 atom stereocenters. The molecule has 0 saturated carbocycles. The van der Waals surface area contributed by atoms with Crippen molar-refractivity contribution in [2.75, 3.05) is 6.61 Å². The molecule has 3 nitrogen and oxygen atoms in total. The molecule has 22 heavy (non-hydrogen) atoms. The quantitative estimate of drug-likeness (QED) is 0.595. The van der Waals surface area contributed by atoms with Crippen LogP contribution in [-0.4, -0.2) is 33.0 Å². The third kappa shape index (κ3) is 3.68. The zero-order chi connectivity index (χ0) is 16.4. The summed E-state index contributed by atoms with van der Waals surface area (Å²) in [5, 5.41) is 0.197. The summed E-state index contributed by atoms with van der Waals surface area (Å²) in [5.74, 6) is 0.689. The van der Waals surface area contributed by atoms with Crippen molar-refractivity contribution >= 4 is 14.2 Å². The van der Waals surface area contributed by atoms with Gasteiger partial charge in [-0.05, 0) is 36.3 Å². The van der Waals surface area contributed by atoms with Gasteiger partial charge >= 0.3 is 0 Å². The molecule has 4 heteroatoms. The van der Waals surface area contributed by atoms with E-state index in [4.69, 9.17) is 14.2 Å². The first-order chi connectivity index (χ1) is 10.2. The van der Waals surface area contributed by atoms with Gasteiger partial charge < -0.3 is 9.16 Å². The number of hydrogen-bond acceptors (Lipinski definition) is 3. The van der Waals surface area contributed by atoms with E-state index < -0.39 is 8.32 Å². The summed E-state index contributed by atoms with van der Waals surface area (Å²) in [6.07, 6.45) is 1.71. The third-order valence-electron chi connectivity index (χ3n) is 4.58. The second kappa shape index (κ2) is 6.38. The summed E-state index contributed by atoms with van der Waals surface area (Å²) >= 11 is 0. The average Bonchev–Trinajstić information content (AvgIpc) is 2.88. The molecule has 1 aliphatic rings. The van der Waals surface area contributed by atoms with Crippen LogP contribution in [0.15, 0.2) is 48.0 Å². The molecule has 0 radical (unpaired) electrons. The first-order valence-electron chi connectivity index (χ1n) is 7.81. The zero-order valence-corrected chi connectivity index (χ0v) is 15.3. The van der Waals surface area contributed by atoms with Crippen molar-refractivity contribution in [1.82, 2.24) is 0 Å². The summed E-state index contributed by atoms with van der Waals surface area (Å²) in [6, 6.07) is 9.98. The normalized spacial score (nSPS) is 22.1. The number of aliphatic imine (C=N–C) groups is 1. The molecule has 1 heterocycles. The van der Waals surface area contributed by atoms with Crippen LogP contribution in [0.2, 0.25) is 18.1 Å². The minimum absolute atomic E-state index is 0.0122. The molecule has 1 aliphatic heterocycles. The van der Waals surface area contributed by atoms with Crippen LogP contribution < -0.4 is 0 Å². The molecule has 2 rings (SSSR count). The van der Waals surface area contributed by atoms with E-state index in [1.807, 2.05) is 36.4 Å². The van der Waals surface area contributed by atoms with Gasteiger partial charge in [0.1, 0.15) is 12.1 Å². The van der Waals surface area contributed by atoms with Gasteiger partial charge in [-0.15, -0.1) is 0 Å². The van der Waals surface area contributed by atoms with E-state index in [9.17, 15) is 0 Å². The van der Waals surface area contributed by atoms with Crippen molar-refractivity contribution in [1.29, 1.82) is 0 Å². The molecular formula is C18H27NO2Si. The highest BCUT2D eigenvalue weighted by atomic mass is 28.4. The number of benzene rings is 1. The summed E-state index contributed by atoms with van der Waals surface area (Å²) in [4.78, 5) is 4.72. The van der Waals surface area contributed by atoms with Gasteiger partial charge in [0.25, 0.3) is 0 Å². The molecule has 0 amide bonds. The van der Waals surface area contributed by atoms with Crippen LogP contribution in [-0.2, 0) is 9.16 Å². The van der Waals surface area contributed by atoms with Crippen molar-refractivity contribution in [3.8, 4) is 0 Å². The highest BCUT2D eigenvalue weighted by Crippen LogP contribution is 2.37. The molecule has 0 spiro atoms. The summed E-state index contributed by atoms with van der Waals surface area (Å²) in [6.45, 7) is 15.7. The summed E-state index contributed by atoms with van der Waals surface area (Å²) < 4.78 is 12.2. The average molecular weight is 318 g/mol. The van der Waals surface area contributed by atoms with Gasteiger partial charge in [0, 0.05) is 5.56 Å². The molecule has 0 saturated heterocycles. The fourth-order valence-corrected chi connectivity index (χ4v) is 3.05. The molecule has 0 aliphatic carbocycles. The second-order valence-electron chi connectivity index (χ2n) is 7.26. The van der Waals surface area contributed by atoms with Gasteiger partial charge in [0.05, 0.1) is 6.61 Å². The zero-order valence-electron chi connectivity index (χ0n) is 14.3. The smallest absolute Gasteiger partial charge is 0.217 e. The van der Waals surface area contributed by atoms with E-state index in [0.717, 1.165) is 5.56 Å². The van der Waals surface area contributed by atoms with Crippen molar-refractivity contribution < 1.29 is 9.16 Å². The number of rotatable bonds is 5. The Labute approximate surface area is 135 Å². The summed E-state index contributed by atoms with van der Waals surface area (Å²) in [5.41, 5.74) is 1.00. The predicted molar refractivity (Wildman–Crippen MR) is 95.0 cm³/mol. The fourth-order valence-electron chi connectivity index (χ4n) is 2.03. The molecule has 1 aromatic carbocycles. The maximum Gasteiger partial charge on any atom is 0.217 e. The Morgan fingerprint density at radius 1 is 1.27 bits per heavy atom. The van der Waals surface area contributed by atoms with Crippen molar-refractivity contribution in [3.05, 3.63) is 48.6 Å². The molecule has 0 N–H and O–H groups in total. The van der Waals surface area contributed by atoms with Crippen molar-refractivity contribution in [2.45, 2.75) is 51.0 Å². The monoisotopic (exact) mass is 317 g/mol. The third-order valence-corrected chi connectivity index (χ3v) is 9.08. The Morgan fingerprint density at radius 2 is 1.91 bits per heavy atom. The van der Waals surface area contributed by atoms with Gasteiger partial charge in [0.15, 0.2) is 8.32 Å². The highest BCUT2D eigenvalue weighted by molar-refractivity contribution is 6.74. The lowest BCUT2D eigenvalue weighted by Gasteiger charge is -2.36. The van der Waals surface area contributed by atoms with Gasteiger partial charge in [-0.25, -0.2) is 4.99 Å². The van der Waals surface area contributed by atoms with Crippen LogP contribution in [0, 0.1) is 0 Å². The van der Waals surface area contributed by atoms with E-state index in [-0.39, 0.29) is 17.2 Å². The van der Waals surface area contributed by atoms with Crippen molar-refractivity contribution in [3.63, 3.8) is 0 Å². The second-order valence-corrected chi connectivity index (χ2v) is 12.1. The first-order valence-corrected chi connectivity index (χ1v) is 10.7. The Bertz CT molecular complexity index is 546. The topological polar surface area (TPSA) is 30.8 Å². The lowest BCUT2D eigenvalue weighted by Crippen LogP contribution is -2.43. The lowest BCUT2D eigenvalue weighted by molar-refractivity contribution is 0.186. The number of nitrogens with zero attached hydrogens (tertiary/aromatic N) is 1. The van der Waals surface area contributed by atoms with Gasteiger partial charge in [-0.2, -0.15) is 0 Å². The van der Waals surface area contributed by atoms with Crippen LogP contribution in [0.4, 0.5) is 0 Å². The van der Waals surface area contributed by atoms with Crippen LogP contribution >= 0.6 is 0 Å². The van der Waals surface area contributed by atoms with E-state index in [2.05, 4.69) is 40.4 Å². The molecule has 1 aromatic rings. The lowest BCUT2D eigenvalue weighted by atomic mass is 10.2. The fraction of sp³-hybridized carbons (Fsp3) is 0.500. The molecule has 0 bridgehead atoms. The number of ether oxygens (including phenoxy) is 1. The minimum Gasteiger partial charge on any atom is -0.468 e. The SMILES string of the molecule is C=C[C@H]1OC(c2ccccc2)=N[C@H]1CO[Si](C)(C)C(C)(C)C. The standard InChI is InChI=1S/C18H27NO2Si/c1-7-16-15(13-20-22(5,6)18(2,3)4)19-17(21-16)14-11-9-8-10-12-14/h7-12,15-16H,1,13H2,2-6H3/t15-,16+/m0/s1. The Balaban J connectivity index is 2.09. The van der Waals surface area contributed by atoms with E-state index >= 15 is 0 Å². The van der Waals surface area contributed by atoms with Gasteiger partial charge in [-0.1, -0.05) is 45.5 Å². The predicted octanol–water partition coefficient (Wildman–Crippen LogP) is 4.41. The van der Waals surface area contributed by atoms with Gasteiger partial charge in [0.2, 0.25) is 5.90 Å². The minimum atomic E-state index is -1.78. The van der Waals surface area contributed by atoms with Crippen LogP contribution in [0.3, 0.4) is 0 Å². The maximum absolute atomic E-state index is 6.30. The highest BCUT2D eigenvalue weighted by Gasteiger charge is 2.39. The molecule has 120 valence electrons. The molecule has 0 aromatic heterocycles. The maximum atomic E-state index is 6.30. The Kier molecular flexibility index (Phi) is 4.92. The Morgan fingerprint density at radius 3 is 2.45 bits per heavy atom. The van der Waals surface area contributed by atoms with Crippen LogP contribution in [0.25, 0.3) is 0 Å². The molecule has 0 fully saturated rings. The number of hydrogen-bond donors (Lipinski definition) is 0. The Hall–Kier alpha value is -1.39. The van der Waals surface area contributed by atoms with Crippen molar-refractivity contribution in [2.24, 2.45) is 4.99 Å². The first kappa shape index (κ1) is 17.0. The van der Waals surface area contributed by atoms with E-state index in [1.165, 1.54) is 0 Å². The van der Waals surface area contributed by atoms with Gasteiger partial charge in [-0.3, -0.25) is 0 Å². The molecular weight excluding hydrogens is 290 g/mol. The van der Waals surface area contributed by atoms with E-state index in [0.29, 0.717) is 12.5 Å². The van der Waals surface area contributed by atoms with E-state index in [1.54, 1.807) is 0 Å². The van der Waals surface area contributed by atoms with Crippen LogP contribution in [0.5, 0.6) is 0 Å². The van der Waals surface area contributed by atoms with Crippen LogP contribution in [0.1, 0.15) is 26.3 Å². The largest absolute Gasteiger partial charge is 0.468 e.